The second-order valence-electron chi connectivity index (χ2n) is 2.93. The number of hydrogen-bond acceptors (Lipinski definition) is 8. The fraction of sp³-hybridized carbons (Fsp3) is 1.00. The molecule has 0 spiro atoms. The van der Waals surface area contributed by atoms with Crippen molar-refractivity contribution in [3.8, 4) is 0 Å². The summed E-state index contributed by atoms with van der Waals surface area (Å²) in [6.07, 6.45) is -10.1. The predicted octanol–water partition coefficient (Wildman–Crippen LogP) is -4.11. The van der Waals surface area contributed by atoms with Crippen molar-refractivity contribution in [2.45, 2.75) is 30.7 Å². The van der Waals surface area contributed by atoms with Gasteiger partial charge in [0.2, 0.25) is 6.29 Å². The van der Waals surface area contributed by atoms with Crippen LogP contribution in [-0.4, -0.2) is 76.7 Å². The van der Waals surface area contributed by atoms with Crippen LogP contribution in [0.3, 0.4) is 0 Å². The molecule has 0 aromatic rings. The molecule has 0 aromatic heterocycles. The summed E-state index contributed by atoms with van der Waals surface area (Å²) in [7, 11) is 0. The SMILES string of the molecule is O=S(O)OC(O)[C@H](O)[C@H](O)[C@H](O)[C@H](O)CO. The van der Waals surface area contributed by atoms with Crippen molar-refractivity contribution in [2.75, 3.05) is 6.61 Å². The Morgan fingerprint density at radius 3 is 1.88 bits per heavy atom. The normalized spacial score (nSPS) is 23.2. The van der Waals surface area contributed by atoms with Crippen molar-refractivity contribution in [3.05, 3.63) is 0 Å². The van der Waals surface area contributed by atoms with Gasteiger partial charge in [-0.05, 0) is 0 Å². The van der Waals surface area contributed by atoms with Gasteiger partial charge in [-0.1, -0.05) is 0 Å². The lowest BCUT2D eigenvalue weighted by Crippen LogP contribution is -2.50. The lowest BCUT2D eigenvalue weighted by atomic mass is 10.0. The Balaban J connectivity index is 4.35. The largest absolute Gasteiger partial charge is 0.394 e. The molecule has 0 radical (unpaired) electrons. The molecule has 16 heavy (non-hydrogen) atoms. The van der Waals surface area contributed by atoms with E-state index in [0.717, 1.165) is 0 Å². The predicted molar refractivity (Wildman–Crippen MR) is 49.0 cm³/mol. The van der Waals surface area contributed by atoms with Gasteiger partial charge >= 0.3 is 11.4 Å². The van der Waals surface area contributed by atoms with E-state index in [1.807, 2.05) is 0 Å². The van der Waals surface area contributed by atoms with E-state index in [4.69, 9.17) is 30.1 Å². The van der Waals surface area contributed by atoms with Crippen LogP contribution in [-0.2, 0) is 15.5 Å². The van der Waals surface area contributed by atoms with Crippen molar-refractivity contribution in [1.29, 1.82) is 0 Å². The highest BCUT2D eigenvalue weighted by Gasteiger charge is 2.35. The molecule has 98 valence electrons. The second-order valence-corrected chi connectivity index (χ2v) is 3.55. The first-order valence-corrected chi connectivity index (χ1v) is 5.13. The van der Waals surface area contributed by atoms with Crippen LogP contribution in [0.2, 0.25) is 0 Å². The molecule has 0 aromatic carbocycles. The van der Waals surface area contributed by atoms with E-state index >= 15 is 0 Å². The molecule has 0 saturated heterocycles. The molecule has 0 aliphatic carbocycles. The van der Waals surface area contributed by atoms with E-state index in [2.05, 4.69) is 4.18 Å². The first-order chi connectivity index (χ1) is 7.31. The zero-order valence-corrected chi connectivity index (χ0v) is 8.77. The van der Waals surface area contributed by atoms with E-state index in [1.54, 1.807) is 0 Å². The minimum atomic E-state index is -2.87. The van der Waals surface area contributed by atoms with E-state index in [9.17, 15) is 9.32 Å². The van der Waals surface area contributed by atoms with Gasteiger partial charge in [0.25, 0.3) is 0 Å². The molecule has 0 rings (SSSR count). The molecule has 2 unspecified atom stereocenters. The second kappa shape index (κ2) is 7.21. The summed E-state index contributed by atoms with van der Waals surface area (Å²) in [6, 6.07) is 0. The van der Waals surface area contributed by atoms with Crippen molar-refractivity contribution in [3.63, 3.8) is 0 Å². The van der Waals surface area contributed by atoms with Gasteiger partial charge in [-0.3, -0.25) is 4.55 Å². The molecule has 0 bridgehead atoms. The van der Waals surface area contributed by atoms with E-state index in [0.29, 0.717) is 0 Å². The third kappa shape index (κ3) is 4.78. The van der Waals surface area contributed by atoms with Crippen molar-refractivity contribution < 1.29 is 43.6 Å². The lowest BCUT2D eigenvalue weighted by Gasteiger charge is -2.27. The Labute approximate surface area is 93.0 Å². The Morgan fingerprint density at radius 2 is 1.50 bits per heavy atom. The molecule has 6 atom stereocenters. The van der Waals surface area contributed by atoms with Gasteiger partial charge < -0.3 is 30.6 Å². The molecule has 10 heteroatoms. The van der Waals surface area contributed by atoms with Crippen LogP contribution in [0, 0.1) is 0 Å². The average Bonchev–Trinajstić information content (AvgIpc) is 2.23. The van der Waals surface area contributed by atoms with Crippen LogP contribution < -0.4 is 0 Å². The highest BCUT2D eigenvalue weighted by atomic mass is 32.2. The third-order valence-corrected chi connectivity index (χ3v) is 2.12. The van der Waals surface area contributed by atoms with E-state index < -0.39 is 48.7 Å². The summed E-state index contributed by atoms with van der Waals surface area (Å²) in [6.45, 7) is -0.881. The van der Waals surface area contributed by atoms with Gasteiger partial charge in [-0.2, -0.15) is 4.21 Å². The van der Waals surface area contributed by atoms with Gasteiger partial charge in [-0.25, -0.2) is 4.18 Å². The molecular formula is C6H14O9S. The quantitative estimate of drug-likeness (QED) is 0.178. The third-order valence-electron chi connectivity index (χ3n) is 1.75. The Bertz CT molecular complexity index is 224. The highest BCUT2D eigenvalue weighted by molar-refractivity contribution is 7.74. The van der Waals surface area contributed by atoms with E-state index in [1.165, 1.54) is 0 Å². The Morgan fingerprint density at radius 1 is 1.00 bits per heavy atom. The van der Waals surface area contributed by atoms with Crippen LogP contribution in [0.4, 0.5) is 0 Å². The van der Waals surface area contributed by atoms with Gasteiger partial charge in [0.05, 0.1) is 6.61 Å². The minimum absolute atomic E-state index is 0.881. The molecular weight excluding hydrogens is 248 g/mol. The standard InChI is InChI=1S/C6H14O9S/c7-1-2(8)3(9)4(10)5(11)6(12)15-16(13)14/h2-12H,1H2,(H,13,14)/t2-,3-,4-,5-,6?/m1/s1. The topological polar surface area (TPSA) is 168 Å². The van der Waals surface area contributed by atoms with Gasteiger partial charge in [-0.15, -0.1) is 0 Å². The maximum Gasteiger partial charge on any atom is 0.304 e. The summed E-state index contributed by atoms with van der Waals surface area (Å²) in [4.78, 5) is 0. The maximum absolute atomic E-state index is 10.1. The maximum atomic E-state index is 10.1. The fourth-order valence-electron chi connectivity index (χ4n) is 0.848. The molecule has 9 nitrogen and oxygen atoms in total. The number of aliphatic hydroxyl groups is 6. The van der Waals surface area contributed by atoms with Crippen LogP contribution in [0.1, 0.15) is 0 Å². The van der Waals surface area contributed by atoms with Crippen molar-refractivity contribution in [1.82, 2.24) is 0 Å². The summed E-state index contributed by atoms with van der Waals surface area (Å²) < 4.78 is 22.1. The highest BCUT2D eigenvalue weighted by Crippen LogP contribution is 2.09. The van der Waals surface area contributed by atoms with Crippen molar-refractivity contribution >= 4 is 11.4 Å². The molecule has 0 saturated carbocycles. The molecule has 0 heterocycles. The number of hydrogen-bond donors (Lipinski definition) is 7. The summed E-state index contributed by atoms with van der Waals surface area (Å²) >= 11 is -2.87. The smallest absolute Gasteiger partial charge is 0.304 e. The van der Waals surface area contributed by atoms with Crippen LogP contribution in [0.25, 0.3) is 0 Å². The monoisotopic (exact) mass is 262 g/mol. The van der Waals surface area contributed by atoms with Gasteiger partial charge in [0, 0.05) is 0 Å². The zero-order valence-electron chi connectivity index (χ0n) is 7.95. The fourth-order valence-corrected chi connectivity index (χ4v) is 1.13. The van der Waals surface area contributed by atoms with Crippen LogP contribution in [0.15, 0.2) is 0 Å². The minimum Gasteiger partial charge on any atom is -0.394 e. The molecule has 0 aliphatic heterocycles. The zero-order chi connectivity index (χ0) is 12.9. The summed E-state index contributed by atoms with van der Waals surface area (Å²) in [5.74, 6) is 0. The first kappa shape index (κ1) is 15.8. The van der Waals surface area contributed by atoms with Gasteiger partial charge in [0.1, 0.15) is 24.4 Å². The van der Waals surface area contributed by atoms with E-state index in [-0.39, 0.29) is 0 Å². The average molecular weight is 262 g/mol. The van der Waals surface area contributed by atoms with Gasteiger partial charge in [0.15, 0.2) is 0 Å². The lowest BCUT2D eigenvalue weighted by molar-refractivity contribution is -0.180. The number of aliphatic hydroxyl groups excluding tert-OH is 6. The molecule has 0 fully saturated rings. The van der Waals surface area contributed by atoms with Crippen molar-refractivity contribution in [2.24, 2.45) is 0 Å². The summed E-state index contributed by atoms with van der Waals surface area (Å²) in [5.41, 5.74) is 0. The molecule has 7 N–H and O–H groups in total. The molecule has 0 amide bonds. The van der Waals surface area contributed by atoms with Crippen LogP contribution >= 0.6 is 0 Å². The Kier molecular flexibility index (Phi) is 7.14. The summed E-state index contributed by atoms with van der Waals surface area (Å²) in [5, 5.41) is 53.7. The first-order valence-electron chi connectivity index (χ1n) is 4.10. The molecule has 0 aliphatic rings. The van der Waals surface area contributed by atoms with Crippen LogP contribution in [0.5, 0.6) is 0 Å². The Hall–Kier alpha value is -0.170. The number of rotatable bonds is 7.